The molecule has 7 nitrogen and oxygen atoms in total. The van der Waals surface area contributed by atoms with Crippen LogP contribution in [-0.2, 0) is 4.74 Å². The monoisotopic (exact) mass is 493 g/mol. The van der Waals surface area contributed by atoms with Crippen LogP contribution in [0.5, 0.6) is 0 Å². The number of carbonyl (C=O) groups is 1. The normalized spacial score (nSPS) is 14.3. The SMILES string of the molecule is O=C(NCCCN1CCOCC1)c1cc(-c2ccccc2F)nc2cc(-c3ccc(Cl)cc3)nn12. The van der Waals surface area contributed by atoms with Crippen molar-refractivity contribution in [2.24, 2.45) is 0 Å². The summed E-state index contributed by atoms with van der Waals surface area (Å²) in [6, 6.07) is 17.0. The zero-order chi connectivity index (χ0) is 24.2. The van der Waals surface area contributed by atoms with Gasteiger partial charge in [0.25, 0.3) is 5.91 Å². The van der Waals surface area contributed by atoms with Crippen LogP contribution in [0.4, 0.5) is 4.39 Å². The molecule has 1 amide bonds. The standard InChI is InChI=1S/C26H25ClFN5O2/c27-19-8-6-18(7-9-19)22-17-25-30-23(20-4-1-2-5-21(20)28)16-24(33(25)31-22)26(34)29-10-3-11-32-12-14-35-15-13-32/h1-2,4-9,16-17H,3,10-15H2,(H,29,34). The molecule has 0 radical (unpaired) electrons. The van der Waals surface area contributed by atoms with E-state index in [0.29, 0.717) is 39.9 Å². The molecule has 1 aliphatic heterocycles. The van der Waals surface area contributed by atoms with Gasteiger partial charge < -0.3 is 10.1 Å². The van der Waals surface area contributed by atoms with Crippen molar-refractivity contribution < 1.29 is 13.9 Å². The number of aromatic nitrogens is 3. The number of nitrogens with zero attached hydrogens (tertiary/aromatic N) is 4. The maximum atomic E-state index is 14.6. The lowest BCUT2D eigenvalue weighted by molar-refractivity contribution is 0.0374. The van der Waals surface area contributed by atoms with Crippen LogP contribution in [0.15, 0.2) is 60.7 Å². The largest absolute Gasteiger partial charge is 0.379 e. The van der Waals surface area contributed by atoms with Crippen LogP contribution in [0, 0.1) is 5.82 Å². The molecule has 0 spiro atoms. The third-order valence-corrected chi connectivity index (χ3v) is 6.24. The van der Waals surface area contributed by atoms with E-state index in [4.69, 9.17) is 16.3 Å². The molecule has 2 aromatic carbocycles. The quantitative estimate of drug-likeness (QED) is 0.388. The predicted octanol–water partition coefficient (Wildman–Crippen LogP) is 4.31. The molecular formula is C26H25ClFN5O2. The highest BCUT2D eigenvalue weighted by Gasteiger charge is 2.18. The van der Waals surface area contributed by atoms with E-state index in [0.717, 1.165) is 44.8 Å². The summed E-state index contributed by atoms with van der Waals surface area (Å²) in [4.78, 5) is 20.2. The van der Waals surface area contributed by atoms with E-state index in [1.165, 1.54) is 10.6 Å². The van der Waals surface area contributed by atoms with Crippen molar-refractivity contribution in [1.29, 1.82) is 0 Å². The Morgan fingerprint density at radius 1 is 1.06 bits per heavy atom. The number of rotatable bonds is 7. The highest BCUT2D eigenvalue weighted by molar-refractivity contribution is 6.30. The minimum absolute atomic E-state index is 0.289. The Kier molecular flexibility index (Phi) is 7.03. The van der Waals surface area contributed by atoms with Gasteiger partial charge in [-0.05, 0) is 43.3 Å². The van der Waals surface area contributed by atoms with Crippen LogP contribution in [0.1, 0.15) is 16.9 Å². The molecule has 0 saturated carbocycles. The minimum atomic E-state index is -0.404. The first-order valence-corrected chi connectivity index (χ1v) is 12.0. The van der Waals surface area contributed by atoms with Crippen molar-refractivity contribution in [3.05, 3.63) is 77.2 Å². The lowest BCUT2D eigenvalue weighted by atomic mass is 10.1. The van der Waals surface area contributed by atoms with Gasteiger partial charge in [-0.1, -0.05) is 35.9 Å². The van der Waals surface area contributed by atoms with Gasteiger partial charge in [0.2, 0.25) is 0 Å². The molecule has 4 aromatic rings. The Balaban J connectivity index is 1.44. The van der Waals surface area contributed by atoms with E-state index in [1.54, 1.807) is 42.5 Å². The third-order valence-electron chi connectivity index (χ3n) is 5.99. The molecule has 1 fully saturated rings. The van der Waals surface area contributed by atoms with Gasteiger partial charge in [-0.25, -0.2) is 13.9 Å². The lowest BCUT2D eigenvalue weighted by Crippen LogP contribution is -2.38. The summed E-state index contributed by atoms with van der Waals surface area (Å²) in [7, 11) is 0. The first kappa shape index (κ1) is 23.4. The number of fused-ring (bicyclic) bond motifs is 1. The number of hydrogen-bond donors (Lipinski definition) is 1. The Morgan fingerprint density at radius 3 is 2.60 bits per heavy atom. The Labute approximate surface area is 207 Å². The van der Waals surface area contributed by atoms with E-state index in [-0.39, 0.29) is 5.91 Å². The Hall–Kier alpha value is -3.33. The fourth-order valence-corrected chi connectivity index (χ4v) is 4.25. The molecule has 1 saturated heterocycles. The average molecular weight is 494 g/mol. The van der Waals surface area contributed by atoms with Crippen molar-refractivity contribution in [2.75, 3.05) is 39.4 Å². The van der Waals surface area contributed by atoms with Gasteiger partial charge in [0, 0.05) is 41.9 Å². The first-order valence-electron chi connectivity index (χ1n) is 11.6. The van der Waals surface area contributed by atoms with Gasteiger partial charge in [-0.3, -0.25) is 9.69 Å². The smallest absolute Gasteiger partial charge is 0.270 e. The van der Waals surface area contributed by atoms with Crippen LogP contribution in [0.3, 0.4) is 0 Å². The van der Waals surface area contributed by atoms with Gasteiger partial charge >= 0.3 is 0 Å². The number of morpholine rings is 1. The summed E-state index contributed by atoms with van der Waals surface area (Å²) in [5.74, 6) is -0.693. The zero-order valence-corrected chi connectivity index (χ0v) is 19.8. The summed E-state index contributed by atoms with van der Waals surface area (Å²) in [6.45, 7) is 4.71. The second-order valence-electron chi connectivity index (χ2n) is 8.38. The summed E-state index contributed by atoms with van der Waals surface area (Å²) >= 11 is 6.02. The number of ether oxygens (including phenoxy) is 1. The molecule has 0 aliphatic carbocycles. The van der Waals surface area contributed by atoms with Gasteiger partial charge in [0.1, 0.15) is 11.5 Å². The van der Waals surface area contributed by atoms with E-state index >= 15 is 0 Å². The molecule has 5 rings (SSSR count). The van der Waals surface area contributed by atoms with Crippen LogP contribution in [0.25, 0.3) is 28.2 Å². The predicted molar refractivity (Wildman–Crippen MR) is 133 cm³/mol. The maximum Gasteiger partial charge on any atom is 0.270 e. The Bertz CT molecular complexity index is 1340. The summed E-state index contributed by atoms with van der Waals surface area (Å²) in [6.07, 6.45) is 0.815. The minimum Gasteiger partial charge on any atom is -0.379 e. The first-order chi connectivity index (χ1) is 17.1. The molecule has 1 aliphatic rings. The summed E-state index contributed by atoms with van der Waals surface area (Å²) in [5.41, 5.74) is 2.92. The van der Waals surface area contributed by atoms with Crippen molar-refractivity contribution in [1.82, 2.24) is 24.8 Å². The van der Waals surface area contributed by atoms with Crippen molar-refractivity contribution >= 4 is 23.2 Å². The number of benzene rings is 2. The topological polar surface area (TPSA) is 71.8 Å². The van der Waals surface area contributed by atoms with E-state index < -0.39 is 5.82 Å². The highest BCUT2D eigenvalue weighted by Crippen LogP contribution is 2.26. The molecule has 0 unspecified atom stereocenters. The summed E-state index contributed by atoms with van der Waals surface area (Å²) < 4.78 is 21.4. The maximum absolute atomic E-state index is 14.6. The molecule has 2 aromatic heterocycles. The number of carbonyl (C=O) groups excluding carboxylic acids is 1. The van der Waals surface area contributed by atoms with Crippen LogP contribution < -0.4 is 5.32 Å². The fourth-order valence-electron chi connectivity index (χ4n) is 4.12. The number of nitrogens with one attached hydrogen (secondary N) is 1. The molecule has 9 heteroatoms. The molecule has 0 bridgehead atoms. The fraction of sp³-hybridized carbons (Fsp3) is 0.269. The summed E-state index contributed by atoms with van der Waals surface area (Å²) in [5, 5.41) is 8.23. The highest BCUT2D eigenvalue weighted by atomic mass is 35.5. The van der Waals surface area contributed by atoms with Gasteiger partial charge in [0.15, 0.2) is 5.65 Å². The van der Waals surface area contributed by atoms with E-state index in [9.17, 15) is 9.18 Å². The van der Waals surface area contributed by atoms with Crippen LogP contribution in [-0.4, -0.2) is 64.8 Å². The average Bonchev–Trinajstić information content (AvgIpc) is 3.31. The van der Waals surface area contributed by atoms with Gasteiger partial charge in [-0.15, -0.1) is 0 Å². The van der Waals surface area contributed by atoms with Crippen molar-refractivity contribution in [3.63, 3.8) is 0 Å². The molecule has 3 heterocycles. The van der Waals surface area contributed by atoms with Crippen molar-refractivity contribution in [3.8, 4) is 22.5 Å². The van der Waals surface area contributed by atoms with E-state index in [2.05, 4.69) is 20.3 Å². The molecule has 1 N–H and O–H groups in total. The second kappa shape index (κ2) is 10.5. The third kappa shape index (κ3) is 5.35. The Morgan fingerprint density at radius 2 is 1.83 bits per heavy atom. The van der Waals surface area contributed by atoms with Gasteiger partial charge in [-0.2, -0.15) is 5.10 Å². The number of amides is 1. The number of halogens is 2. The van der Waals surface area contributed by atoms with Crippen LogP contribution >= 0.6 is 11.6 Å². The van der Waals surface area contributed by atoms with Crippen molar-refractivity contribution in [2.45, 2.75) is 6.42 Å². The molecule has 35 heavy (non-hydrogen) atoms. The molecular weight excluding hydrogens is 469 g/mol. The second-order valence-corrected chi connectivity index (χ2v) is 8.81. The van der Waals surface area contributed by atoms with Crippen LogP contribution in [0.2, 0.25) is 5.02 Å². The number of hydrogen-bond acceptors (Lipinski definition) is 5. The molecule has 0 atom stereocenters. The lowest BCUT2D eigenvalue weighted by Gasteiger charge is -2.26. The zero-order valence-electron chi connectivity index (χ0n) is 19.1. The van der Waals surface area contributed by atoms with E-state index in [1.807, 2.05) is 12.1 Å². The van der Waals surface area contributed by atoms with Gasteiger partial charge in [0.05, 0.1) is 24.6 Å². The molecule has 180 valence electrons.